The minimum absolute atomic E-state index is 0.0791. The predicted octanol–water partition coefficient (Wildman–Crippen LogP) is 3.61. The summed E-state index contributed by atoms with van der Waals surface area (Å²) in [6.45, 7) is -0.671. The van der Waals surface area contributed by atoms with E-state index in [2.05, 4.69) is 29.7 Å². The number of anilines is 1. The molecular weight excluding hydrogens is 682 g/mol. The Bertz CT molecular complexity index is 1820. The highest BCUT2D eigenvalue weighted by atomic mass is 32.2. The lowest BCUT2D eigenvalue weighted by Crippen LogP contribution is -2.60. The average molecular weight is 707 g/mol. The minimum atomic E-state index is -4.99. The predicted molar refractivity (Wildman–Crippen MR) is 154 cm³/mol. The van der Waals surface area contributed by atoms with Gasteiger partial charge < -0.3 is 24.8 Å². The second-order valence-corrected chi connectivity index (χ2v) is 12.9. The van der Waals surface area contributed by atoms with Crippen LogP contribution in [0.1, 0.15) is 11.4 Å². The molecule has 20 heteroatoms. The number of aliphatic hydroxyl groups excluding tert-OH is 1. The number of ether oxygens (including phenoxy) is 2. The molecule has 1 aliphatic rings. The van der Waals surface area contributed by atoms with E-state index in [0.717, 1.165) is 40.7 Å². The third-order valence-electron chi connectivity index (χ3n) is 6.72. The summed E-state index contributed by atoms with van der Waals surface area (Å²) in [6, 6.07) is 6.87. The van der Waals surface area contributed by atoms with Crippen molar-refractivity contribution in [3.05, 3.63) is 66.1 Å². The molecule has 12 nitrogen and oxygen atoms in total. The highest BCUT2D eigenvalue weighted by molar-refractivity contribution is 7.89. The number of aromatic nitrogens is 3. The number of rotatable bonds is 10. The van der Waals surface area contributed by atoms with Gasteiger partial charge in [0, 0.05) is 32.6 Å². The first kappa shape index (κ1) is 34.1. The van der Waals surface area contributed by atoms with Crippen molar-refractivity contribution in [3.8, 4) is 11.5 Å². The first-order chi connectivity index (χ1) is 22.1. The molecule has 2 aromatic carbocycles. The van der Waals surface area contributed by atoms with Crippen LogP contribution in [-0.2, 0) is 27.8 Å². The van der Waals surface area contributed by atoms with Crippen LogP contribution in [0.4, 0.5) is 31.5 Å². The number of halogens is 6. The number of nitrogens with one attached hydrogen (secondary N) is 1. The average Bonchev–Trinajstić information content (AvgIpc) is 3.43. The zero-order chi connectivity index (χ0) is 34.0. The highest BCUT2D eigenvalue weighted by Crippen LogP contribution is 2.32. The Labute approximate surface area is 266 Å². The molecule has 1 aliphatic heterocycles. The lowest BCUT2D eigenvalue weighted by molar-refractivity contribution is -0.275. The molecule has 2 aromatic heterocycles. The van der Waals surface area contributed by atoms with E-state index in [-0.39, 0.29) is 44.1 Å². The maximum atomic E-state index is 13.7. The van der Waals surface area contributed by atoms with E-state index < -0.39 is 46.2 Å². The molecule has 3 heterocycles. The number of hydrogen-bond acceptors (Lipinski definition) is 11. The Morgan fingerprint density at radius 3 is 2.17 bits per heavy atom. The van der Waals surface area contributed by atoms with E-state index in [1.807, 2.05) is 0 Å². The van der Waals surface area contributed by atoms with Crippen molar-refractivity contribution < 1.29 is 54.1 Å². The lowest BCUT2D eigenvalue weighted by Gasteiger charge is -2.39. The topological polar surface area (TPSA) is 147 Å². The molecule has 1 atom stereocenters. The second kappa shape index (κ2) is 13.5. The fourth-order valence-corrected chi connectivity index (χ4v) is 7.10. The fraction of sp³-hybridized carbons (Fsp3) is 0.333. The van der Waals surface area contributed by atoms with Gasteiger partial charge in [-0.2, -0.15) is 9.29 Å². The number of carbonyl (C=O) groups excluding carboxylic acids is 1. The smallest absolute Gasteiger partial charge is 0.406 e. The molecule has 0 spiro atoms. The molecule has 252 valence electrons. The molecule has 2 N–H and O–H groups in total. The summed E-state index contributed by atoms with van der Waals surface area (Å²) in [5.74, 6) is -1.49. The first-order valence-electron chi connectivity index (χ1n) is 13.6. The minimum Gasteiger partial charge on any atom is -0.406 e. The quantitative estimate of drug-likeness (QED) is 0.235. The Hall–Kier alpha value is -4.27. The molecule has 0 radical (unpaired) electrons. The maximum Gasteiger partial charge on any atom is 0.573 e. The second-order valence-electron chi connectivity index (χ2n) is 9.95. The maximum absolute atomic E-state index is 13.7. The van der Waals surface area contributed by atoms with E-state index in [9.17, 15) is 44.7 Å². The van der Waals surface area contributed by atoms with E-state index in [4.69, 9.17) is 0 Å². The normalized spacial score (nSPS) is 16.3. The molecule has 1 fully saturated rings. The van der Waals surface area contributed by atoms with Crippen molar-refractivity contribution in [1.82, 2.24) is 24.6 Å². The molecule has 0 aliphatic carbocycles. The van der Waals surface area contributed by atoms with Gasteiger partial charge in [-0.25, -0.2) is 18.4 Å². The zero-order valence-electron chi connectivity index (χ0n) is 23.8. The van der Waals surface area contributed by atoms with Gasteiger partial charge in [-0.05, 0) is 42.0 Å². The van der Waals surface area contributed by atoms with Crippen molar-refractivity contribution in [2.45, 2.75) is 36.6 Å². The van der Waals surface area contributed by atoms with Gasteiger partial charge in [-0.15, -0.1) is 26.3 Å². The van der Waals surface area contributed by atoms with Crippen molar-refractivity contribution in [2.24, 2.45) is 0 Å². The van der Waals surface area contributed by atoms with Crippen LogP contribution in [0.15, 0.2) is 59.6 Å². The number of alkyl halides is 6. The number of carbonyl (C=O) groups is 1. The van der Waals surface area contributed by atoms with Crippen LogP contribution in [0.2, 0.25) is 0 Å². The Kier molecular flexibility index (Phi) is 9.75. The van der Waals surface area contributed by atoms with Crippen LogP contribution in [0.3, 0.4) is 0 Å². The molecule has 0 saturated carbocycles. The number of benzene rings is 2. The Morgan fingerprint density at radius 2 is 1.57 bits per heavy atom. The fourth-order valence-electron chi connectivity index (χ4n) is 4.62. The van der Waals surface area contributed by atoms with Gasteiger partial charge in [0.05, 0.1) is 22.4 Å². The molecular formula is C27H24F6N6O6S2. The molecule has 1 saturated heterocycles. The number of fused-ring (bicyclic) bond motifs is 1. The van der Waals surface area contributed by atoms with Gasteiger partial charge in [0.1, 0.15) is 23.4 Å². The van der Waals surface area contributed by atoms with E-state index >= 15 is 0 Å². The molecule has 0 unspecified atom stereocenters. The van der Waals surface area contributed by atoms with Gasteiger partial charge >= 0.3 is 12.7 Å². The number of amides is 1. The largest absolute Gasteiger partial charge is 0.573 e. The van der Waals surface area contributed by atoms with E-state index in [1.54, 1.807) is 4.90 Å². The summed E-state index contributed by atoms with van der Waals surface area (Å²) in [4.78, 5) is 27.8. The molecule has 0 bridgehead atoms. The van der Waals surface area contributed by atoms with Crippen LogP contribution in [0, 0.1) is 0 Å². The molecule has 47 heavy (non-hydrogen) atoms. The van der Waals surface area contributed by atoms with Gasteiger partial charge in [-0.1, -0.05) is 23.5 Å². The number of thiazole rings is 1. The molecule has 5 rings (SSSR count). The standard InChI is InChI=1S/C27H24F6N6O6S2/c28-26(29,30)44-17-3-1-16(2-4-17)13-35-24(41)20-15-38(25-37-23-21(46-25)14-34-22(36-23)9-12-40)10-11-39(20)47(42,43)19-7-5-18(6-8-19)45-27(31,32)33/h1-8,14,20,40H,9-13,15H2,(H,35,41)/t20-/m1/s1. The first-order valence-corrected chi connectivity index (χ1v) is 15.9. The summed E-state index contributed by atoms with van der Waals surface area (Å²) >= 11 is 1.20. The number of hydrogen-bond donors (Lipinski definition) is 2. The molecule has 1 amide bonds. The van der Waals surface area contributed by atoms with E-state index in [0.29, 0.717) is 26.9 Å². The number of nitrogens with zero attached hydrogens (tertiary/aromatic N) is 5. The van der Waals surface area contributed by atoms with E-state index in [1.165, 1.54) is 29.7 Å². The SMILES string of the molecule is O=C(NCc1ccc(OC(F)(F)F)cc1)[C@H]1CN(c2nc3nc(CCO)ncc3s2)CCN1S(=O)(=O)c1ccc(OC(F)(F)F)cc1. The number of sulfonamides is 1. The van der Waals surface area contributed by atoms with Crippen LogP contribution in [0.5, 0.6) is 11.5 Å². The molecule has 4 aromatic rings. The van der Waals surface area contributed by atoms with Crippen molar-refractivity contribution in [3.63, 3.8) is 0 Å². The summed E-state index contributed by atoms with van der Waals surface area (Å²) in [6.07, 6.45) is -8.13. The monoisotopic (exact) mass is 706 g/mol. The highest BCUT2D eigenvalue weighted by Gasteiger charge is 2.41. The third-order valence-corrected chi connectivity index (χ3v) is 9.68. The van der Waals surface area contributed by atoms with Crippen molar-refractivity contribution >= 4 is 42.7 Å². The number of piperazine rings is 1. The van der Waals surface area contributed by atoms with Crippen molar-refractivity contribution in [2.75, 3.05) is 31.1 Å². The van der Waals surface area contributed by atoms with Gasteiger partial charge in [0.25, 0.3) is 0 Å². The lowest BCUT2D eigenvalue weighted by atomic mass is 10.1. The summed E-state index contributed by atoms with van der Waals surface area (Å²) in [7, 11) is -4.44. The van der Waals surface area contributed by atoms with Crippen LogP contribution in [0.25, 0.3) is 10.3 Å². The summed E-state index contributed by atoms with van der Waals surface area (Å²) in [5, 5.41) is 12.2. The summed E-state index contributed by atoms with van der Waals surface area (Å²) in [5.41, 5.74) is 0.734. The third kappa shape index (κ3) is 8.56. The zero-order valence-corrected chi connectivity index (χ0v) is 25.5. The van der Waals surface area contributed by atoms with Gasteiger partial charge in [0.15, 0.2) is 10.8 Å². The summed E-state index contributed by atoms with van der Waals surface area (Å²) < 4.78 is 112. The van der Waals surface area contributed by atoms with Gasteiger partial charge in [-0.3, -0.25) is 4.79 Å². The Morgan fingerprint density at radius 1 is 0.957 bits per heavy atom. The van der Waals surface area contributed by atoms with Crippen LogP contribution in [-0.4, -0.2) is 83.7 Å². The van der Waals surface area contributed by atoms with Crippen LogP contribution >= 0.6 is 11.3 Å². The van der Waals surface area contributed by atoms with Crippen molar-refractivity contribution in [1.29, 1.82) is 0 Å². The Balaban J connectivity index is 1.39. The van der Waals surface area contributed by atoms with Gasteiger partial charge in [0.2, 0.25) is 15.9 Å². The number of aliphatic hydroxyl groups is 1. The van der Waals surface area contributed by atoms with Crippen LogP contribution < -0.4 is 19.7 Å².